The molecule has 1 heterocycles. The number of fused-ring (bicyclic) bond motifs is 1. The molecule has 6 nitrogen and oxygen atoms in total. The Labute approximate surface area is 176 Å². The molecule has 4 rings (SSSR count). The molecule has 0 amide bonds. The molecule has 0 saturated carbocycles. The van der Waals surface area contributed by atoms with E-state index in [1.165, 1.54) is 39.7 Å². The lowest BCUT2D eigenvalue weighted by atomic mass is 10.0. The average Bonchev–Trinajstić information content (AvgIpc) is 3.26. The fourth-order valence-corrected chi connectivity index (χ4v) is 5.64. The maximum atomic E-state index is 12.8. The molecule has 0 atom stereocenters. The van der Waals surface area contributed by atoms with Crippen molar-refractivity contribution in [3.63, 3.8) is 0 Å². The van der Waals surface area contributed by atoms with Crippen molar-refractivity contribution < 1.29 is 22.7 Å². The van der Waals surface area contributed by atoms with E-state index in [9.17, 15) is 18.0 Å². The number of carbonyl (C=O) groups excluding carboxylic acids is 2. The molecule has 0 N–H and O–H groups in total. The Hall–Kier alpha value is -2.51. The lowest BCUT2D eigenvalue weighted by Gasteiger charge is -2.25. The summed E-state index contributed by atoms with van der Waals surface area (Å²) in [7, 11) is -3.64. The third-order valence-corrected chi connectivity index (χ3v) is 7.67. The zero-order chi connectivity index (χ0) is 21.1. The maximum Gasteiger partial charge on any atom is 0.338 e. The first-order chi connectivity index (χ1) is 14.4. The largest absolute Gasteiger partial charge is 0.454 e. The van der Waals surface area contributed by atoms with Crippen LogP contribution in [-0.4, -0.2) is 44.2 Å². The molecule has 1 aliphatic carbocycles. The van der Waals surface area contributed by atoms with Crippen LogP contribution < -0.4 is 0 Å². The van der Waals surface area contributed by atoms with Gasteiger partial charge in [0.05, 0.1) is 10.5 Å². The van der Waals surface area contributed by atoms with Crippen molar-refractivity contribution in [2.75, 3.05) is 19.7 Å². The van der Waals surface area contributed by atoms with Gasteiger partial charge in [0.2, 0.25) is 10.0 Å². The van der Waals surface area contributed by atoms with Crippen LogP contribution >= 0.6 is 0 Å². The van der Waals surface area contributed by atoms with Gasteiger partial charge in [-0.25, -0.2) is 13.2 Å². The minimum atomic E-state index is -3.64. The highest BCUT2D eigenvalue weighted by molar-refractivity contribution is 7.89. The molecule has 2 aliphatic rings. The number of nitrogens with zero attached hydrogens (tertiary/aromatic N) is 1. The number of aryl methyl sites for hydroxylation is 2. The number of rotatable bonds is 6. The molecule has 2 aromatic carbocycles. The number of hydrogen-bond acceptors (Lipinski definition) is 5. The van der Waals surface area contributed by atoms with Crippen LogP contribution in [0.2, 0.25) is 0 Å². The molecule has 2 aromatic rings. The Kier molecular flexibility index (Phi) is 6.01. The Morgan fingerprint density at radius 1 is 0.867 bits per heavy atom. The molecule has 1 fully saturated rings. The van der Waals surface area contributed by atoms with Gasteiger partial charge in [-0.15, -0.1) is 0 Å². The van der Waals surface area contributed by atoms with Gasteiger partial charge in [-0.2, -0.15) is 4.31 Å². The second-order valence-corrected chi connectivity index (χ2v) is 9.77. The molecule has 7 heteroatoms. The number of benzene rings is 2. The van der Waals surface area contributed by atoms with Crippen LogP contribution in [0.4, 0.5) is 0 Å². The second kappa shape index (κ2) is 8.70. The molecular weight excluding hydrogens is 402 g/mol. The summed E-state index contributed by atoms with van der Waals surface area (Å²) in [6.07, 6.45) is 5.80. The fraction of sp³-hybridized carbons (Fsp3) is 0.391. The van der Waals surface area contributed by atoms with E-state index in [1.807, 2.05) is 12.1 Å². The quantitative estimate of drug-likeness (QED) is 0.521. The SMILES string of the molecule is O=C(COC(=O)c1cccc(S(=O)(=O)N2CCCCC2)c1)c1ccc2c(c1)CCC2. The second-order valence-electron chi connectivity index (χ2n) is 7.83. The Morgan fingerprint density at radius 2 is 1.63 bits per heavy atom. The lowest BCUT2D eigenvalue weighted by Crippen LogP contribution is -2.35. The molecule has 0 spiro atoms. The molecule has 0 bridgehead atoms. The van der Waals surface area contributed by atoms with Crippen LogP contribution in [0.3, 0.4) is 0 Å². The average molecular weight is 428 g/mol. The zero-order valence-corrected chi connectivity index (χ0v) is 17.6. The lowest BCUT2D eigenvalue weighted by molar-refractivity contribution is 0.0474. The third-order valence-electron chi connectivity index (χ3n) is 5.78. The van der Waals surface area contributed by atoms with Crippen LogP contribution in [0.1, 0.15) is 57.5 Å². The van der Waals surface area contributed by atoms with E-state index in [1.54, 1.807) is 6.07 Å². The van der Waals surface area contributed by atoms with Gasteiger partial charge in [0.25, 0.3) is 0 Å². The number of ketones is 1. The molecule has 1 saturated heterocycles. The number of ether oxygens (including phenoxy) is 1. The molecule has 0 unspecified atom stereocenters. The molecular formula is C23H25NO5S. The van der Waals surface area contributed by atoms with E-state index in [-0.39, 0.29) is 22.8 Å². The molecule has 1 aliphatic heterocycles. The van der Waals surface area contributed by atoms with E-state index >= 15 is 0 Å². The van der Waals surface area contributed by atoms with E-state index in [0.717, 1.165) is 38.5 Å². The number of piperidine rings is 1. The van der Waals surface area contributed by atoms with Crippen LogP contribution in [0, 0.1) is 0 Å². The third kappa shape index (κ3) is 4.32. The zero-order valence-electron chi connectivity index (χ0n) is 16.8. The van der Waals surface area contributed by atoms with Crippen molar-refractivity contribution in [1.82, 2.24) is 4.31 Å². The van der Waals surface area contributed by atoms with Gasteiger partial charge in [-0.05, 0) is 67.5 Å². The summed E-state index contributed by atoms with van der Waals surface area (Å²) < 4.78 is 32.3. The fourth-order valence-electron chi connectivity index (χ4n) is 4.08. The number of hydrogen-bond donors (Lipinski definition) is 0. The minimum absolute atomic E-state index is 0.0730. The van der Waals surface area contributed by atoms with Gasteiger partial charge in [-0.3, -0.25) is 4.79 Å². The monoisotopic (exact) mass is 427 g/mol. The summed E-state index contributed by atoms with van der Waals surface area (Å²) in [5.74, 6) is -0.977. The van der Waals surface area contributed by atoms with E-state index in [4.69, 9.17) is 4.74 Å². The van der Waals surface area contributed by atoms with Gasteiger partial charge in [0.1, 0.15) is 0 Å². The van der Waals surface area contributed by atoms with Gasteiger partial charge in [0.15, 0.2) is 12.4 Å². The number of esters is 1. The smallest absolute Gasteiger partial charge is 0.338 e. The molecule has 30 heavy (non-hydrogen) atoms. The number of sulfonamides is 1. The first kappa shape index (κ1) is 20.8. The highest BCUT2D eigenvalue weighted by Gasteiger charge is 2.26. The van der Waals surface area contributed by atoms with Crippen LogP contribution in [0.5, 0.6) is 0 Å². The molecule has 0 aromatic heterocycles. The van der Waals surface area contributed by atoms with Crippen molar-refractivity contribution in [1.29, 1.82) is 0 Å². The summed E-state index contributed by atoms with van der Waals surface area (Å²) >= 11 is 0. The van der Waals surface area contributed by atoms with Crippen molar-refractivity contribution in [3.05, 3.63) is 64.7 Å². The predicted molar refractivity (Wildman–Crippen MR) is 112 cm³/mol. The van der Waals surface area contributed by atoms with Gasteiger partial charge >= 0.3 is 5.97 Å². The van der Waals surface area contributed by atoms with Crippen LogP contribution in [-0.2, 0) is 27.6 Å². The Bertz CT molecular complexity index is 1070. The first-order valence-corrected chi connectivity index (χ1v) is 11.8. The van der Waals surface area contributed by atoms with Crippen LogP contribution in [0.25, 0.3) is 0 Å². The summed E-state index contributed by atoms with van der Waals surface area (Å²) in [4.78, 5) is 24.9. The Balaban J connectivity index is 1.42. The van der Waals surface area contributed by atoms with Gasteiger partial charge < -0.3 is 4.74 Å². The maximum absolute atomic E-state index is 12.8. The summed E-state index contributed by atoms with van der Waals surface area (Å²) in [5, 5.41) is 0. The van der Waals surface area contributed by atoms with E-state index in [2.05, 4.69) is 0 Å². The van der Waals surface area contributed by atoms with Crippen LogP contribution in [0.15, 0.2) is 47.4 Å². The van der Waals surface area contributed by atoms with Crippen molar-refractivity contribution in [3.8, 4) is 0 Å². The number of Topliss-reactive ketones (excluding diaryl/α,β-unsaturated/α-hetero) is 1. The first-order valence-electron chi connectivity index (χ1n) is 10.4. The Morgan fingerprint density at radius 3 is 2.43 bits per heavy atom. The van der Waals surface area contributed by atoms with Gasteiger partial charge in [0, 0.05) is 18.7 Å². The van der Waals surface area contributed by atoms with Crippen molar-refractivity contribution in [2.24, 2.45) is 0 Å². The summed E-state index contributed by atoms with van der Waals surface area (Å²) in [6, 6.07) is 11.4. The molecule has 0 radical (unpaired) electrons. The van der Waals surface area contributed by atoms with Crippen molar-refractivity contribution >= 4 is 21.8 Å². The standard InChI is InChI=1S/C23H25NO5S/c25-22(19-11-10-17-6-4-7-18(17)14-19)16-29-23(26)20-8-5-9-21(15-20)30(27,28)24-12-2-1-3-13-24/h5,8-11,14-15H,1-4,6-7,12-13,16H2. The van der Waals surface area contributed by atoms with E-state index in [0.29, 0.717) is 18.7 Å². The predicted octanol–water partition coefficient (Wildman–Crippen LogP) is 3.39. The van der Waals surface area contributed by atoms with Gasteiger partial charge in [-0.1, -0.05) is 24.6 Å². The number of carbonyl (C=O) groups is 2. The minimum Gasteiger partial charge on any atom is -0.454 e. The van der Waals surface area contributed by atoms with E-state index < -0.39 is 16.0 Å². The summed E-state index contributed by atoms with van der Waals surface area (Å²) in [6.45, 7) is 0.610. The van der Waals surface area contributed by atoms with Crippen molar-refractivity contribution in [2.45, 2.75) is 43.4 Å². The highest BCUT2D eigenvalue weighted by Crippen LogP contribution is 2.24. The summed E-state index contributed by atoms with van der Waals surface area (Å²) in [5.41, 5.74) is 3.11. The highest BCUT2D eigenvalue weighted by atomic mass is 32.2. The molecule has 158 valence electrons. The normalized spacial score (nSPS) is 16.8. The topological polar surface area (TPSA) is 80.8 Å².